The maximum atomic E-state index is 13.3. The largest absolute Gasteiger partial charge is 0.465 e. The number of rotatable bonds is 5. The third-order valence-electron chi connectivity index (χ3n) is 3.95. The molecule has 0 N–H and O–H groups in total. The van der Waals surface area contributed by atoms with Gasteiger partial charge in [-0.05, 0) is 23.8 Å². The van der Waals surface area contributed by atoms with E-state index in [1.165, 1.54) is 13.3 Å². The minimum atomic E-state index is -0.495. The number of carbonyl (C=O) groups excluding carboxylic acids is 3. The van der Waals surface area contributed by atoms with Crippen LogP contribution in [0.5, 0.6) is 0 Å². The van der Waals surface area contributed by atoms with E-state index in [1.54, 1.807) is 41.1 Å². The standard InChI is InChI=1S/C18H15FN2O4/c1-25-18(24)13-6-7-20(11-13)9-12(8-19)10-21-16(22)14-4-2-3-5-15(14)17(21)23/h2-8,11H,9-10H2,1H3. The van der Waals surface area contributed by atoms with E-state index in [9.17, 15) is 18.8 Å². The number of nitrogens with zero attached hydrogens (tertiary/aromatic N) is 2. The highest BCUT2D eigenvalue weighted by Gasteiger charge is 2.35. The third kappa shape index (κ3) is 3.08. The van der Waals surface area contributed by atoms with Gasteiger partial charge in [-0.1, -0.05) is 12.1 Å². The summed E-state index contributed by atoms with van der Waals surface area (Å²) in [5.74, 6) is -1.38. The summed E-state index contributed by atoms with van der Waals surface area (Å²) in [6, 6.07) is 8.04. The number of halogens is 1. The molecule has 0 aliphatic carbocycles. The van der Waals surface area contributed by atoms with Crippen LogP contribution in [0.4, 0.5) is 4.39 Å². The topological polar surface area (TPSA) is 68.6 Å². The molecule has 0 fully saturated rings. The van der Waals surface area contributed by atoms with Crippen LogP contribution >= 0.6 is 0 Å². The molecule has 0 unspecified atom stereocenters. The van der Waals surface area contributed by atoms with Crippen molar-refractivity contribution in [3.05, 3.63) is 71.3 Å². The van der Waals surface area contributed by atoms with Crippen molar-refractivity contribution in [3.63, 3.8) is 0 Å². The third-order valence-corrected chi connectivity index (χ3v) is 3.95. The molecule has 7 heteroatoms. The molecule has 0 atom stereocenters. The van der Waals surface area contributed by atoms with Gasteiger partial charge in [0.2, 0.25) is 0 Å². The number of aromatic nitrogens is 1. The molecule has 0 radical (unpaired) electrons. The molecule has 0 bridgehead atoms. The highest BCUT2D eigenvalue weighted by molar-refractivity contribution is 6.21. The summed E-state index contributed by atoms with van der Waals surface area (Å²) in [6.07, 6.45) is 3.48. The Balaban J connectivity index is 1.74. The Morgan fingerprint density at radius 3 is 2.32 bits per heavy atom. The molecule has 0 saturated carbocycles. The fourth-order valence-electron chi connectivity index (χ4n) is 2.72. The molecule has 128 valence electrons. The highest BCUT2D eigenvalue weighted by Crippen LogP contribution is 2.23. The van der Waals surface area contributed by atoms with Gasteiger partial charge >= 0.3 is 5.97 Å². The van der Waals surface area contributed by atoms with Crippen molar-refractivity contribution < 1.29 is 23.5 Å². The molecule has 6 nitrogen and oxygen atoms in total. The Labute approximate surface area is 143 Å². The van der Waals surface area contributed by atoms with Crippen LogP contribution < -0.4 is 0 Å². The SMILES string of the molecule is COC(=O)c1ccn(CC(=CF)CN2C(=O)c3ccccc3C2=O)c1. The average molecular weight is 342 g/mol. The van der Waals surface area contributed by atoms with Crippen molar-refractivity contribution >= 4 is 17.8 Å². The van der Waals surface area contributed by atoms with E-state index in [4.69, 9.17) is 0 Å². The van der Waals surface area contributed by atoms with Crippen LogP contribution in [0.25, 0.3) is 0 Å². The second kappa shape index (κ2) is 6.72. The maximum absolute atomic E-state index is 13.3. The molecule has 2 amide bonds. The fraction of sp³-hybridized carbons (Fsp3) is 0.167. The first-order valence-corrected chi connectivity index (χ1v) is 7.52. The summed E-state index contributed by atoms with van der Waals surface area (Å²) < 4.78 is 19.5. The minimum Gasteiger partial charge on any atom is -0.465 e. The van der Waals surface area contributed by atoms with E-state index in [1.807, 2.05) is 0 Å². The van der Waals surface area contributed by atoms with Crippen molar-refractivity contribution in [1.29, 1.82) is 0 Å². The average Bonchev–Trinajstić information content (AvgIpc) is 3.19. The molecule has 0 spiro atoms. The number of hydrogen-bond donors (Lipinski definition) is 0. The summed E-state index contributed by atoms with van der Waals surface area (Å²) >= 11 is 0. The first kappa shape index (κ1) is 16.6. The van der Waals surface area contributed by atoms with E-state index < -0.39 is 17.8 Å². The number of carbonyl (C=O) groups is 3. The van der Waals surface area contributed by atoms with Gasteiger partial charge in [-0.2, -0.15) is 0 Å². The Kier molecular flexibility index (Phi) is 4.47. The Bertz CT molecular complexity index is 850. The molecule has 1 aliphatic heterocycles. The summed E-state index contributed by atoms with van der Waals surface area (Å²) in [7, 11) is 1.27. The predicted octanol–water partition coefficient (Wildman–Crippen LogP) is 2.42. The van der Waals surface area contributed by atoms with Crippen LogP contribution in [0.1, 0.15) is 31.1 Å². The molecule has 25 heavy (non-hydrogen) atoms. The second-order valence-electron chi connectivity index (χ2n) is 5.57. The molecule has 1 aliphatic rings. The predicted molar refractivity (Wildman–Crippen MR) is 86.8 cm³/mol. The summed E-state index contributed by atoms with van der Waals surface area (Å²) in [5.41, 5.74) is 1.20. The molecular formula is C18H15FN2O4. The number of ether oxygens (including phenoxy) is 1. The summed E-state index contributed by atoms with van der Waals surface area (Å²) in [6.45, 7) is -0.0600. The van der Waals surface area contributed by atoms with Gasteiger partial charge < -0.3 is 9.30 Å². The lowest BCUT2D eigenvalue weighted by Crippen LogP contribution is -2.32. The Hall–Kier alpha value is -3.22. The summed E-state index contributed by atoms with van der Waals surface area (Å²) in [5, 5.41) is 0. The van der Waals surface area contributed by atoms with Crippen LogP contribution in [0.2, 0.25) is 0 Å². The number of fused-ring (bicyclic) bond motifs is 1. The van der Waals surface area contributed by atoms with E-state index in [2.05, 4.69) is 4.74 Å². The lowest BCUT2D eigenvalue weighted by atomic mass is 10.1. The van der Waals surface area contributed by atoms with Gasteiger partial charge in [0.05, 0.1) is 36.7 Å². The van der Waals surface area contributed by atoms with Crippen LogP contribution in [0.15, 0.2) is 54.6 Å². The van der Waals surface area contributed by atoms with Crippen LogP contribution in [0.3, 0.4) is 0 Å². The van der Waals surface area contributed by atoms with Crippen molar-refractivity contribution in [2.75, 3.05) is 13.7 Å². The number of methoxy groups -OCH3 is 1. The van der Waals surface area contributed by atoms with E-state index in [0.717, 1.165) is 4.90 Å². The smallest absolute Gasteiger partial charge is 0.339 e. The van der Waals surface area contributed by atoms with Crippen molar-refractivity contribution in [2.45, 2.75) is 6.54 Å². The molecule has 1 aromatic heterocycles. The molecule has 0 saturated heterocycles. The van der Waals surface area contributed by atoms with Crippen molar-refractivity contribution in [1.82, 2.24) is 9.47 Å². The quantitative estimate of drug-likeness (QED) is 0.618. The van der Waals surface area contributed by atoms with Gasteiger partial charge in [0.1, 0.15) is 0 Å². The molecular weight excluding hydrogens is 327 g/mol. The second-order valence-corrected chi connectivity index (χ2v) is 5.57. The van der Waals surface area contributed by atoms with E-state index >= 15 is 0 Å². The van der Waals surface area contributed by atoms with E-state index in [0.29, 0.717) is 23.0 Å². The van der Waals surface area contributed by atoms with E-state index in [-0.39, 0.29) is 18.7 Å². The first-order valence-electron chi connectivity index (χ1n) is 7.52. The number of benzene rings is 1. The van der Waals surface area contributed by atoms with Gasteiger partial charge in [0.25, 0.3) is 11.8 Å². The number of imide groups is 1. The maximum Gasteiger partial charge on any atom is 0.339 e. The van der Waals surface area contributed by atoms with Crippen LogP contribution in [0, 0.1) is 0 Å². The number of esters is 1. The lowest BCUT2D eigenvalue weighted by Gasteiger charge is -2.16. The molecule has 2 aromatic rings. The lowest BCUT2D eigenvalue weighted by molar-refractivity contribution is 0.0599. The van der Waals surface area contributed by atoms with Gasteiger partial charge in [0, 0.05) is 18.9 Å². The summed E-state index contributed by atoms with van der Waals surface area (Å²) in [4.78, 5) is 37.1. The molecule has 1 aromatic carbocycles. The fourth-order valence-corrected chi connectivity index (χ4v) is 2.72. The zero-order chi connectivity index (χ0) is 18.0. The van der Waals surface area contributed by atoms with Gasteiger partial charge in [-0.25, -0.2) is 9.18 Å². The van der Waals surface area contributed by atoms with Gasteiger partial charge in [-0.15, -0.1) is 0 Å². The Morgan fingerprint density at radius 2 is 1.76 bits per heavy atom. The van der Waals surface area contributed by atoms with Crippen LogP contribution in [-0.2, 0) is 11.3 Å². The number of amides is 2. The Morgan fingerprint density at radius 1 is 1.12 bits per heavy atom. The van der Waals surface area contributed by atoms with Gasteiger partial charge in [-0.3, -0.25) is 14.5 Å². The zero-order valence-corrected chi connectivity index (χ0v) is 13.4. The van der Waals surface area contributed by atoms with Crippen LogP contribution in [-0.4, -0.2) is 40.9 Å². The van der Waals surface area contributed by atoms with Gasteiger partial charge in [0.15, 0.2) is 0 Å². The minimum absolute atomic E-state index is 0.0981. The van der Waals surface area contributed by atoms with Crippen molar-refractivity contribution in [3.8, 4) is 0 Å². The number of hydrogen-bond acceptors (Lipinski definition) is 4. The molecule has 3 rings (SSSR count). The normalized spacial score (nSPS) is 14.0. The zero-order valence-electron chi connectivity index (χ0n) is 13.4. The first-order chi connectivity index (χ1) is 12.0. The highest BCUT2D eigenvalue weighted by atomic mass is 19.1. The molecule has 2 heterocycles. The monoisotopic (exact) mass is 342 g/mol. The van der Waals surface area contributed by atoms with Crippen molar-refractivity contribution in [2.24, 2.45) is 0 Å².